The minimum atomic E-state index is -0.463. The van der Waals surface area contributed by atoms with Crippen molar-refractivity contribution < 1.29 is 0 Å². The van der Waals surface area contributed by atoms with Gasteiger partial charge in [-0.1, -0.05) is 170 Å². The molecule has 2 aliphatic carbocycles. The molecule has 11 rings (SSSR count). The number of rotatable bonds is 5. The second-order valence-corrected chi connectivity index (χ2v) is 14.6. The molecule has 4 nitrogen and oxygen atoms in total. The lowest BCUT2D eigenvalue weighted by molar-refractivity contribution is 0.794. The molecule has 8 aromatic carbocycles. The molecule has 57 heavy (non-hydrogen) atoms. The van der Waals surface area contributed by atoms with Crippen LogP contribution in [0.4, 0.5) is 5.69 Å². The zero-order chi connectivity index (χ0) is 37.9. The Morgan fingerprint density at radius 3 is 1.28 bits per heavy atom. The topological polar surface area (TPSA) is 43.0 Å². The van der Waals surface area contributed by atoms with Gasteiger partial charge in [0.15, 0.2) is 23.2 Å². The first-order valence-corrected chi connectivity index (χ1v) is 19.1. The fraction of sp³-hybridized carbons (Fsp3) is 0.0189. The summed E-state index contributed by atoms with van der Waals surface area (Å²) in [7, 11) is 0. The largest absolute Gasteiger partial charge is 0.238 e. The summed E-state index contributed by atoms with van der Waals surface area (Å²) < 4.78 is 0. The molecular formula is C53H32N4. The number of fused-ring (bicyclic) bond motifs is 10. The molecular weight excluding hydrogens is 693 g/mol. The van der Waals surface area contributed by atoms with Crippen LogP contribution < -0.4 is 0 Å². The van der Waals surface area contributed by atoms with Crippen LogP contribution >= 0.6 is 0 Å². The molecule has 4 heteroatoms. The van der Waals surface area contributed by atoms with Crippen molar-refractivity contribution in [3.8, 4) is 78.7 Å². The van der Waals surface area contributed by atoms with Gasteiger partial charge in [0.05, 0.1) is 12.0 Å². The van der Waals surface area contributed by atoms with Crippen molar-refractivity contribution in [2.75, 3.05) is 0 Å². The summed E-state index contributed by atoms with van der Waals surface area (Å²) in [6.45, 7) is 8.07. The Kier molecular flexibility index (Phi) is 7.42. The number of para-hydroxylation sites is 1. The Morgan fingerprint density at radius 2 is 0.737 bits per heavy atom. The van der Waals surface area contributed by atoms with Gasteiger partial charge in [-0.15, -0.1) is 0 Å². The van der Waals surface area contributed by atoms with Crippen molar-refractivity contribution in [3.63, 3.8) is 0 Å². The average molecular weight is 725 g/mol. The normalized spacial score (nSPS) is 12.7. The molecule has 0 N–H and O–H groups in total. The molecule has 0 radical (unpaired) electrons. The SMILES string of the molecule is [C-]#[N+]c1ccccc1-c1cc(-c2ccc3c(c2)C2(c4ccccc4-c4ccccc42)c2ccccc2-3)cc(-c2nc(-c3ccccc3)nc(-c3ccccc3)n2)c1. The van der Waals surface area contributed by atoms with Gasteiger partial charge in [-0.3, -0.25) is 0 Å². The van der Waals surface area contributed by atoms with Gasteiger partial charge in [-0.2, -0.15) is 0 Å². The molecule has 0 atom stereocenters. The Bertz CT molecular complexity index is 2970. The summed E-state index contributed by atoms with van der Waals surface area (Å²) in [6.07, 6.45) is 0. The second-order valence-electron chi connectivity index (χ2n) is 14.6. The van der Waals surface area contributed by atoms with E-state index in [9.17, 15) is 0 Å². The minimum absolute atomic E-state index is 0.463. The average Bonchev–Trinajstić information content (AvgIpc) is 3.76. The zero-order valence-corrected chi connectivity index (χ0v) is 30.8. The highest BCUT2D eigenvalue weighted by Gasteiger charge is 2.51. The predicted molar refractivity (Wildman–Crippen MR) is 230 cm³/mol. The van der Waals surface area contributed by atoms with Crippen molar-refractivity contribution in [1.29, 1.82) is 0 Å². The molecule has 0 bridgehead atoms. The van der Waals surface area contributed by atoms with Crippen LogP contribution in [0.15, 0.2) is 194 Å². The van der Waals surface area contributed by atoms with E-state index in [1.807, 2.05) is 84.9 Å². The maximum absolute atomic E-state index is 8.07. The van der Waals surface area contributed by atoms with Crippen LogP contribution in [0.1, 0.15) is 22.3 Å². The smallest absolute Gasteiger partial charge is 0.194 e. The van der Waals surface area contributed by atoms with E-state index in [0.717, 1.165) is 38.9 Å². The van der Waals surface area contributed by atoms with Gasteiger partial charge < -0.3 is 0 Å². The van der Waals surface area contributed by atoms with Crippen molar-refractivity contribution in [2.45, 2.75) is 5.41 Å². The van der Waals surface area contributed by atoms with Gasteiger partial charge in [-0.25, -0.2) is 19.8 Å². The molecule has 0 saturated heterocycles. The van der Waals surface area contributed by atoms with Crippen molar-refractivity contribution in [2.24, 2.45) is 0 Å². The summed E-state index contributed by atoms with van der Waals surface area (Å²) in [5.74, 6) is 1.77. The van der Waals surface area contributed by atoms with E-state index >= 15 is 0 Å². The Balaban J connectivity index is 1.17. The van der Waals surface area contributed by atoms with E-state index in [2.05, 4.69) is 114 Å². The van der Waals surface area contributed by atoms with E-state index in [1.165, 1.54) is 44.5 Å². The summed E-state index contributed by atoms with van der Waals surface area (Å²) in [5, 5.41) is 0. The van der Waals surface area contributed by atoms with E-state index < -0.39 is 5.41 Å². The highest BCUT2D eigenvalue weighted by molar-refractivity contribution is 5.96. The summed E-state index contributed by atoms with van der Waals surface area (Å²) >= 11 is 0. The van der Waals surface area contributed by atoms with Crippen LogP contribution in [0.3, 0.4) is 0 Å². The summed E-state index contributed by atoms with van der Waals surface area (Å²) in [5.41, 5.74) is 16.9. The number of hydrogen-bond acceptors (Lipinski definition) is 3. The molecule has 1 aromatic heterocycles. The lowest BCUT2D eigenvalue weighted by Gasteiger charge is -2.30. The monoisotopic (exact) mass is 724 g/mol. The van der Waals surface area contributed by atoms with E-state index in [4.69, 9.17) is 21.5 Å². The van der Waals surface area contributed by atoms with Crippen LogP contribution in [0.25, 0.3) is 83.5 Å². The van der Waals surface area contributed by atoms with Crippen LogP contribution in [-0.2, 0) is 5.41 Å². The molecule has 0 amide bonds. The van der Waals surface area contributed by atoms with Crippen molar-refractivity contribution in [3.05, 3.63) is 228 Å². The number of benzene rings is 8. The molecule has 9 aromatic rings. The highest BCUT2D eigenvalue weighted by Crippen LogP contribution is 2.63. The van der Waals surface area contributed by atoms with Gasteiger partial charge >= 0.3 is 0 Å². The summed E-state index contributed by atoms with van der Waals surface area (Å²) in [4.78, 5) is 19.1. The minimum Gasteiger partial charge on any atom is -0.238 e. The Morgan fingerprint density at radius 1 is 0.316 bits per heavy atom. The predicted octanol–water partition coefficient (Wildman–Crippen LogP) is 13.1. The first kappa shape index (κ1) is 32.7. The lowest BCUT2D eigenvalue weighted by atomic mass is 9.70. The third kappa shape index (κ3) is 5.03. The molecule has 0 unspecified atom stereocenters. The molecule has 1 heterocycles. The molecule has 264 valence electrons. The fourth-order valence-electron chi connectivity index (χ4n) is 9.11. The van der Waals surface area contributed by atoms with Crippen molar-refractivity contribution >= 4 is 5.69 Å². The maximum atomic E-state index is 8.07. The van der Waals surface area contributed by atoms with Crippen LogP contribution in [0, 0.1) is 6.57 Å². The first-order chi connectivity index (χ1) is 28.2. The summed E-state index contributed by atoms with van der Waals surface area (Å²) in [6, 6.07) is 68.0. The Labute approximate surface area is 331 Å². The molecule has 0 saturated carbocycles. The van der Waals surface area contributed by atoms with Crippen molar-refractivity contribution in [1.82, 2.24) is 15.0 Å². The fourth-order valence-corrected chi connectivity index (χ4v) is 9.11. The molecule has 1 spiro atoms. The number of nitrogens with zero attached hydrogens (tertiary/aromatic N) is 4. The first-order valence-electron chi connectivity index (χ1n) is 19.1. The number of aromatic nitrogens is 3. The van der Waals surface area contributed by atoms with E-state index in [0.29, 0.717) is 23.2 Å². The highest BCUT2D eigenvalue weighted by atomic mass is 15.0. The third-order valence-corrected chi connectivity index (χ3v) is 11.6. The van der Waals surface area contributed by atoms with Crippen LogP contribution in [0.5, 0.6) is 0 Å². The van der Waals surface area contributed by atoms with Gasteiger partial charge in [0.2, 0.25) is 0 Å². The van der Waals surface area contributed by atoms with Gasteiger partial charge in [-0.05, 0) is 91.0 Å². The molecule has 0 fully saturated rings. The van der Waals surface area contributed by atoms with Crippen LogP contribution in [0.2, 0.25) is 0 Å². The van der Waals surface area contributed by atoms with Gasteiger partial charge in [0.25, 0.3) is 0 Å². The Hall–Kier alpha value is -7.74. The molecule has 0 aliphatic heterocycles. The van der Waals surface area contributed by atoms with Crippen LogP contribution in [-0.4, -0.2) is 15.0 Å². The quantitative estimate of drug-likeness (QED) is 0.166. The van der Waals surface area contributed by atoms with E-state index in [-0.39, 0.29) is 0 Å². The zero-order valence-electron chi connectivity index (χ0n) is 30.8. The second kappa shape index (κ2) is 12.9. The maximum Gasteiger partial charge on any atom is 0.194 e. The number of hydrogen-bond donors (Lipinski definition) is 0. The molecule has 2 aliphatic rings. The van der Waals surface area contributed by atoms with Gasteiger partial charge in [0.1, 0.15) is 0 Å². The van der Waals surface area contributed by atoms with Gasteiger partial charge in [0, 0.05) is 16.7 Å². The van der Waals surface area contributed by atoms with E-state index in [1.54, 1.807) is 0 Å². The lowest BCUT2D eigenvalue weighted by Crippen LogP contribution is -2.25. The standard InChI is InChI=1S/C53H32N4/c1-54-49-27-15-11-20-40(49)38-30-37(31-39(32-38)52-56-50(34-16-4-2-5-17-34)55-51(57-52)35-18-6-3-7-19-35)36-28-29-44-43-23-10-14-26-47(43)53(48(44)33-36)45-24-12-8-21-41(45)42-22-9-13-25-46(42)53/h2-33H. The third-order valence-electron chi connectivity index (χ3n) is 11.6.